The molecule has 0 saturated carbocycles. The zero-order chi connectivity index (χ0) is 15.2. The highest BCUT2D eigenvalue weighted by Gasteiger charge is 2.20. The fourth-order valence-corrected chi connectivity index (χ4v) is 2.40. The summed E-state index contributed by atoms with van der Waals surface area (Å²) in [6, 6.07) is 7.99. The van der Waals surface area contributed by atoms with Crippen LogP contribution >= 0.6 is 24.0 Å². The Hall–Kier alpha value is -1.02. The Morgan fingerprint density at radius 3 is 2.64 bits per heavy atom. The van der Waals surface area contributed by atoms with Gasteiger partial charge < -0.3 is 19.7 Å². The highest BCUT2D eigenvalue weighted by molar-refractivity contribution is 14.0. The molecule has 5 nitrogen and oxygen atoms in total. The number of halogens is 1. The first-order chi connectivity index (χ1) is 10.1. The molecule has 0 aromatic heterocycles. The van der Waals surface area contributed by atoms with Gasteiger partial charge in [-0.1, -0.05) is 18.2 Å². The van der Waals surface area contributed by atoms with E-state index in [2.05, 4.69) is 15.2 Å². The van der Waals surface area contributed by atoms with E-state index in [1.807, 2.05) is 45.2 Å². The lowest BCUT2D eigenvalue weighted by molar-refractivity contribution is 0.00803. The van der Waals surface area contributed by atoms with Crippen LogP contribution in [0.4, 0.5) is 0 Å². The third kappa shape index (κ3) is 5.01. The molecular formula is C16H26IN3O2. The minimum atomic E-state index is -0.0714. The van der Waals surface area contributed by atoms with Gasteiger partial charge in [-0.2, -0.15) is 0 Å². The van der Waals surface area contributed by atoms with Crippen LogP contribution in [0.25, 0.3) is 0 Å². The Labute approximate surface area is 150 Å². The Bertz CT molecular complexity index is 494. The van der Waals surface area contributed by atoms with Crippen molar-refractivity contribution in [2.75, 3.05) is 33.8 Å². The van der Waals surface area contributed by atoms with Crippen LogP contribution in [0, 0.1) is 0 Å². The van der Waals surface area contributed by atoms with Gasteiger partial charge in [-0.3, -0.25) is 4.99 Å². The zero-order valence-corrected chi connectivity index (χ0v) is 16.0. The molecule has 1 aliphatic rings. The molecule has 0 spiro atoms. The van der Waals surface area contributed by atoms with Gasteiger partial charge >= 0.3 is 0 Å². The molecule has 22 heavy (non-hydrogen) atoms. The molecule has 6 heteroatoms. The predicted molar refractivity (Wildman–Crippen MR) is 100 cm³/mol. The monoisotopic (exact) mass is 419 g/mol. The van der Waals surface area contributed by atoms with Crippen LogP contribution in [0.1, 0.15) is 25.5 Å². The number of hydrogen-bond donors (Lipinski definition) is 1. The molecule has 1 N–H and O–H groups in total. The van der Waals surface area contributed by atoms with Crippen molar-refractivity contribution in [2.45, 2.75) is 26.1 Å². The fraction of sp³-hybridized carbons (Fsp3) is 0.562. The Balaban J connectivity index is 0.00000242. The summed E-state index contributed by atoms with van der Waals surface area (Å²) in [6.45, 7) is 6.57. The fourth-order valence-electron chi connectivity index (χ4n) is 2.40. The van der Waals surface area contributed by atoms with Crippen molar-refractivity contribution in [3.63, 3.8) is 0 Å². The van der Waals surface area contributed by atoms with E-state index in [1.165, 1.54) is 0 Å². The number of hydrogen-bond acceptors (Lipinski definition) is 5. The number of nitrogens with zero attached hydrogens (tertiary/aromatic N) is 2. The quantitative estimate of drug-likeness (QED) is 0.721. The lowest BCUT2D eigenvalue weighted by Crippen LogP contribution is -2.38. The van der Waals surface area contributed by atoms with Crippen LogP contribution in [-0.4, -0.2) is 50.8 Å². The van der Waals surface area contributed by atoms with Crippen LogP contribution in [0.5, 0.6) is 5.75 Å². The predicted octanol–water partition coefficient (Wildman–Crippen LogP) is 2.67. The van der Waals surface area contributed by atoms with Gasteiger partial charge in [0.05, 0.1) is 19.8 Å². The van der Waals surface area contributed by atoms with Crippen molar-refractivity contribution in [1.29, 1.82) is 0 Å². The average molecular weight is 419 g/mol. The highest BCUT2D eigenvalue weighted by atomic mass is 127. The maximum Gasteiger partial charge on any atom is 0.193 e. The van der Waals surface area contributed by atoms with E-state index in [9.17, 15) is 0 Å². The van der Waals surface area contributed by atoms with Crippen molar-refractivity contribution in [2.24, 2.45) is 4.99 Å². The molecule has 0 fully saturated rings. The van der Waals surface area contributed by atoms with E-state index < -0.39 is 0 Å². The lowest BCUT2D eigenvalue weighted by Gasteiger charge is -2.24. The van der Waals surface area contributed by atoms with Gasteiger partial charge in [-0.05, 0) is 19.9 Å². The molecule has 1 aliphatic heterocycles. The molecular weight excluding hydrogens is 393 g/mol. The first-order valence-corrected chi connectivity index (χ1v) is 7.39. The van der Waals surface area contributed by atoms with Gasteiger partial charge in [0.1, 0.15) is 11.9 Å². The van der Waals surface area contributed by atoms with E-state index in [1.54, 1.807) is 7.11 Å². The first kappa shape index (κ1) is 19.0. The number of ether oxygens (including phenoxy) is 2. The molecule has 0 saturated heterocycles. The molecule has 2 rings (SSSR count). The second-order valence-electron chi connectivity index (χ2n) is 5.42. The van der Waals surface area contributed by atoms with Crippen LogP contribution in [0.3, 0.4) is 0 Å². The maximum atomic E-state index is 6.06. The van der Waals surface area contributed by atoms with Gasteiger partial charge in [0.25, 0.3) is 0 Å². The summed E-state index contributed by atoms with van der Waals surface area (Å²) in [5, 5.41) is 3.38. The topological polar surface area (TPSA) is 46.1 Å². The smallest absolute Gasteiger partial charge is 0.193 e. The molecule has 1 heterocycles. The van der Waals surface area contributed by atoms with Crippen molar-refractivity contribution in [1.82, 2.24) is 10.2 Å². The minimum Gasteiger partial charge on any atom is -0.496 e. The van der Waals surface area contributed by atoms with Gasteiger partial charge in [0.2, 0.25) is 0 Å². The van der Waals surface area contributed by atoms with Gasteiger partial charge in [0.15, 0.2) is 5.96 Å². The molecule has 0 bridgehead atoms. The van der Waals surface area contributed by atoms with Crippen molar-refractivity contribution in [3.05, 3.63) is 29.8 Å². The number of likely N-dealkylation sites (N-methyl/N-ethyl adjacent to an activating group) is 1. The molecule has 1 unspecified atom stereocenters. The third-order valence-electron chi connectivity index (χ3n) is 3.43. The second-order valence-corrected chi connectivity index (χ2v) is 5.42. The molecule has 0 aliphatic carbocycles. The zero-order valence-electron chi connectivity index (χ0n) is 13.7. The number of methoxy groups -OCH3 is 1. The normalized spacial score (nSPS) is 15.3. The van der Waals surface area contributed by atoms with Crippen LogP contribution in [-0.2, 0) is 4.74 Å². The summed E-state index contributed by atoms with van der Waals surface area (Å²) in [7, 11) is 3.73. The van der Waals surface area contributed by atoms with E-state index in [0.29, 0.717) is 6.54 Å². The van der Waals surface area contributed by atoms with Crippen LogP contribution < -0.4 is 10.1 Å². The highest BCUT2D eigenvalue weighted by Crippen LogP contribution is 2.28. The first-order valence-electron chi connectivity index (χ1n) is 7.39. The third-order valence-corrected chi connectivity index (χ3v) is 3.43. The summed E-state index contributed by atoms with van der Waals surface area (Å²) >= 11 is 0. The maximum absolute atomic E-state index is 6.06. The SMILES string of the molecule is COc1ccccc1C(CNC1=NCCN1C)OC(C)C.I. The van der Waals surface area contributed by atoms with Crippen LogP contribution in [0.2, 0.25) is 0 Å². The summed E-state index contributed by atoms with van der Waals surface area (Å²) in [5.74, 6) is 1.79. The Kier molecular flexibility index (Phi) is 7.95. The number of benzene rings is 1. The molecule has 1 aromatic rings. The summed E-state index contributed by atoms with van der Waals surface area (Å²) in [5.41, 5.74) is 1.06. The van der Waals surface area contributed by atoms with E-state index in [0.717, 1.165) is 30.4 Å². The van der Waals surface area contributed by atoms with Gasteiger partial charge in [-0.15, -0.1) is 24.0 Å². The van der Waals surface area contributed by atoms with Crippen molar-refractivity contribution < 1.29 is 9.47 Å². The van der Waals surface area contributed by atoms with Gasteiger partial charge in [0, 0.05) is 25.7 Å². The number of rotatable bonds is 6. The summed E-state index contributed by atoms with van der Waals surface area (Å²) in [4.78, 5) is 6.57. The minimum absolute atomic E-state index is 0. The molecule has 1 aromatic carbocycles. The number of guanidine groups is 1. The van der Waals surface area contributed by atoms with Crippen molar-refractivity contribution >= 4 is 29.9 Å². The Morgan fingerprint density at radius 2 is 2.05 bits per heavy atom. The summed E-state index contributed by atoms with van der Waals surface area (Å²) < 4.78 is 11.5. The summed E-state index contributed by atoms with van der Waals surface area (Å²) in [6.07, 6.45) is 0.0720. The molecule has 124 valence electrons. The average Bonchev–Trinajstić information content (AvgIpc) is 2.88. The lowest BCUT2D eigenvalue weighted by atomic mass is 10.1. The van der Waals surface area contributed by atoms with E-state index in [4.69, 9.17) is 9.47 Å². The van der Waals surface area contributed by atoms with Crippen molar-refractivity contribution in [3.8, 4) is 5.75 Å². The number of nitrogens with one attached hydrogen (secondary N) is 1. The van der Waals surface area contributed by atoms with E-state index >= 15 is 0 Å². The number of aliphatic imine (C=N–C) groups is 1. The van der Waals surface area contributed by atoms with Gasteiger partial charge in [-0.25, -0.2) is 0 Å². The Morgan fingerprint density at radius 1 is 1.32 bits per heavy atom. The molecule has 0 amide bonds. The largest absolute Gasteiger partial charge is 0.496 e. The van der Waals surface area contributed by atoms with E-state index in [-0.39, 0.29) is 36.2 Å². The standard InChI is InChI=1S/C16H25N3O2.HI/c1-12(2)21-15(11-18-16-17-9-10-19(16)3)13-7-5-6-8-14(13)20-4;/h5-8,12,15H,9-11H2,1-4H3,(H,17,18);1H. The van der Waals surface area contributed by atoms with Crippen LogP contribution in [0.15, 0.2) is 29.3 Å². The second kappa shape index (κ2) is 9.19. The molecule has 1 atom stereocenters. The number of para-hydroxylation sites is 1. The molecule has 0 radical (unpaired) electrons.